The van der Waals surface area contributed by atoms with Gasteiger partial charge in [-0.2, -0.15) is 5.10 Å². The minimum absolute atomic E-state index is 0.0858. The Morgan fingerprint density at radius 3 is 2.53 bits per heavy atom. The number of amides is 1. The van der Waals surface area contributed by atoms with Gasteiger partial charge in [-0.3, -0.25) is 4.79 Å². The molecule has 0 unspecified atom stereocenters. The monoisotopic (exact) mass is 451 g/mol. The molecule has 0 saturated heterocycles. The van der Waals surface area contributed by atoms with E-state index in [1.54, 1.807) is 42.5 Å². The molecule has 3 aromatic carbocycles. The molecule has 0 aliphatic heterocycles. The number of halogens is 1. The highest BCUT2D eigenvalue weighted by Crippen LogP contribution is 2.29. The molecular formula is C24H22ClN3O4. The number of rotatable bonds is 8. The molecule has 0 bridgehead atoms. The molecular weight excluding hydrogens is 430 g/mol. The van der Waals surface area contributed by atoms with Gasteiger partial charge in [0.15, 0.2) is 11.5 Å². The van der Waals surface area contributed by atoms with Crippen LogP contribution in [-0.4, -0.2) is 31.7 Å². The number of para-hydroxylation sites is 1. The summed E-state index contributed by atoms with van der Waals surface area (Å²) >= 11 is 6.04. The lowest BCUT2D eigenvalue weighted by atomic mass is 10.2. The van der Waals surface area contributed by atoms with E-state index in [1.807, 2.05) is 31.2 Å². The van der Waals surface area contributed by atoms with Gasteiger partial charge in [0.25, 0.3) is 5.91 Å². The van der Waals surface area contributed by atoms with Crippen molar-refractivity contribution in [1.82, 2.24) is 5.43 Å². The minimum Gasteiger partial charge on any atom is -0.493 e. The van der Waals surface area contributed by atoms with Gasteiger partial charge in [-0.1, -0.05) is 41.9 Å². The normalized spacial score (nSPS) is 10.6. The molecule has 0 saturated carbocycles. The molecule has 2 N–H and O–H groups in total. The molecule has 0 spiro atoms. The van der Waals surface area contributed by atoms with Crippen LogP contribution in [-0.2, 0) is 4.79 Å². The molecule has 0 aliphatic rings. The number of nitrogens with one attached hydrogen (secondary N) is 2. The molecule has 32 heavy (non-hydrogen) atoms. The van der Waals surface area contributed by atoms with Crippen molar-refractivity contribution in [3.05, 3.63) is 88.4 Å². The second-order valence-corrected chi connectivity index (χ2v) is 7.15. The average Bonchev–Trinajstić information content (AvgIpc) is 2.79. The topological polar surface area (TPSA) is 89.0 Å². The minimum atomic E-state index is -0.594. The summed E-state index contributed by atoms with van der Waals surface area (Å²) in [5, 5.41) is 7.31. The summed E-state index contributed by atoms with van der Waals surface area (Å²) in [6.45, 7) is 2.05. The lowest BCUT2D eigenvalue weighted by Gasteiger charge is -2.10. The van der Waals surface area contributed by atoms with E-state index in [0.717, 1.165) is 11.3 Å². The van der Waals surface area contributed by atoms with Crippen molar-refractivity contribution in [2.75, 3.05) is 19.0 Å². The molecule has 164 valence electrons. The third-order valence-corrected chi connectivity index (χ3v) is 4.80. The Kier molecular flexibility index (Phi) is 7.83. The fourth-order valence-corrected chi connectivity index (χ4v) is 3.01. The highest BCUT2D eigenvalue weighted by Gasteiger charge is 2.15. The van der Waals surface area contributed by atoms with Gasteiger partial charge in [0.05, 0.1) is 30.5 Å². The highest BCUT2D eigenvalue weighted by atomic mass is 35.5. The van der Waals surface area contributed by atoms with Crippen LogP contribution in [0.1, 0.15) is 21.5 Å². The first-order chi connectivity index (χ1) is 15.5. The molecule has 7 nitrogen and oxygen atoms in total. The first kappa shape index (κ1) is 22.8. The standard InChI is InChI=1S/C24H22ClN3O4/c1-16-7-3-6-10-20(16)26-15-23(29)28-27-14-17-11-12-21(22(13-17)31-2)32-24(30)18-8-4-5-9-19(18)25/h3-14,26H,15H2,1-2H3,(H,28,29)/b27-14-. The van der Waals surface area contributed by atoms with Crippen molar-refractivity contribution in [3.8, 4) is 11.5 Å². The second kappa shape index (κ2) is 11.0. The van der Waals surface area contributed by atoms with E-state index < -0.39 is 5.97 Å². The molecule has 0 atom stereocenters. The van der Waals surface area contributed by atoms with Gasteiger partial charge in [0, 0.05) is 5.69 Å². The van der Waals surface area contributed by atoms with E-state index >= 15 is 0 Å². The van der Waals surface area contributed by atoms with E-state index in [2.05, 4.69) is 15.8 Å². The number of carbonyl (C=O) groups excluding carboxylic acids is 2. The van der Waals surface area contributed by atoms with Gasteiger partial charge < -0.3 is 14.8 Å². The van der Waals surface area contributed by atoms with Crippen LogP contribution in [0.5, 0.6) is 11.5 Å². The number of benzene rings is 3. The first-order valence-electron chi connectivity index (χ1n) is 9.74. The molecule has 0 heterocycles. The molecule has 3 rings (SSSR count). The molecule has 0 aliphatic carbocycles. The number of ether oxygens (including phenoxy) is 2. The van der Waals surface area contributed by atoms with Gasteiger partial charge in [-0.15, -0.1) is 0 Å². The Labute approximate surface area is 191 Å². The molecule has 8 heteroatoms. The van der Waals surface area contributed by atoms with E-state index in [-0.39, 0.29) is 23.8 Å². The van der Waals surface area contributed by atoms with Gasteiger partial charge in [0.2, 0.25) is 0 Å². The van der Waals surface area contributed by atoms with E-state index in [4.69, 9.17) is 21.1 Å². The number of hydrogen-bond donors (Lipinski definition) is 2. The number of nitrogens with zero attached hydrogens (tertiary/aromatic N) is 1. The maximum atomic E-state index is 12.4. The molecule has 0 radical (unpaired) electrons. The van der Waals surface area contributed by atoms with E-state index in [0.29, 0.717) is 16.3 Å². The van der Waals surface area contributed by atoms with Crippen molar-refractivity contribution in [1.29, 1.82) is 0 Å². The van der Waals surface area contributed by atoms with Gasteiger partial charge >= 0.3 is 5.97 Å². The second-order valence-electron chi connectivity index (χ2n) is 6.74. The van der Waals surface area contributed by atoms with Crippen molar-refractivity contribution >= 4 is 35.4 Å². The number of methoxy groups -OCH3 is 1. The Hall–Kier alpha value is -3.84. The third kappa shape index (κ3) is 6.09. The predicted molar refractivity (Wildman–Crippen MR) is 125 cm³/mol. The number of esters is 1. The summed E-state index contributed by atoms with van der Waals surface area (Å²) in [6, 6.07) is 19.2. The highest BCUT2D eigenvalue weighted by molar-refractivity contribution is 6.33. The SMILES string of the molecule is COc1cc(/C=N\NC(=O)CNc2ccccc2C)ccc1OC(=O)c1ccccc1Cl. The Bertz CT molecular complexity index is 1150. The van der Waals surface area contributed by atoms with Crippen molar-refractivity contribution in [3.63, 3.8) is 0 Å². The van der Waals surface area contributed by atoms with Crippen molar-refractivity contribution < 1.29 is 19.1 Å². The number of anilines is 1. The number of aryl methyl sites for hydroxylation is 1. The maximum absolute atomic E-state index is 12.4. The van der Waals surface area contributed by atoms with Crippen LogP contribution in [0, 0.1) is 6.92 Å². The zero-order chi connectivity index (χ0) is 22.9. The molecule has 1 amide bonds. The first-order valence-corrected chi connectivity index (χ1v) is 10.1. The van der Waals surface area contributed by atoms with Crippen LogP contribution >= 0.6 is 11.6 Å². The van der Waals surface area contributed by atoms with Crippen LogP contribution in [0.15, 0.2) is 71.8 Å². The maximum Gasteiger partial charge on any atom is 0.345 e. The summed E-state index contributed by atoms with van der Waals surface area (Å²) in [5.74, 6) is -0.312. The third-order valence-electron chi connectivity index (χ3n) is 4.47. The Balaban J connectivity index is 1.58. The number of hydrazone groups is 1. The van der Waals surface area contributed by atoms with Crippen molar-refractivity contribution in [2.45, 2.75) is 6.92 Å². The van der Waals surface area contributed by atoms with E-state index in [1.165, 1.54) is 13.3 Å². The predicted octanol–water partition coefficient (Wildman–Crippen LogP) is 4.44. The van der Waals surface area contributed by atoms with Gasteiger partial charge in [-0.25, -0.2) is 10.2 Å². The summed E-state index contributed by atoms with van der Waals surface area (Å²) < 4.78 is 10.7. The van der Waals surface area contributed by atoms with Gasteiger partial charge in [0.1, 0.15) is 0 Å². The quantitative estimate of drug-likeness (QED) is 0.229. The van der Waals surface area contributed by atoms with Crippen LogP contribution in [0.2, 0.25) is 5.02 Å². The van der Waals surface area contributed by atoms with Crippen LogP contribution in [0.25, 0.3) is 0 Å². The molecule has 0 aromatic heterocycles. The Morgan fingerprint density at radius 2 is 1.78 bits per heavy atom. The summed E-state index contributed by atoms with van der Waals surface area (Å²) in [5.41, 5.74) is 5.29. The van der Waals surface area contributed by atoms with Crippen molar-refractivity contribution in [2.24, 2.45) is 5.10 Å². The fraction of sp³-hybridized carbons (Fsp3) is 0.125. The molecule has 3 aromatic rings. The largest absolute Gasteiger partial charge is 0.493 e. The summed E-state index contributed by atoms with van der Waals surface area (Å²) in [7, 11) is 1.46. The number of hydrogen-bond acceptors (Lipinski definition) is 6. The van der Waals surface area contributed by atoms with E-state index in [9.17, 15) is 9.59 Å². The zero-order valence-corrected chi connectivity index (χ0v) is 18.3. The van der Waals surface area contributed by atoms with Crippen LogP contribution in [0.4, 0.5) is 5.69 Å². The smallest absolute Gasteiger partial charge is 0.345 e. The number of carbonyl (C=O) groups is 2. The van der Waals surface area contributed by atoms with Crippen LogP contribution in [0.3, 0.4) is 0 Å². The van der Waals surface area contributed by atoms with Gasteiger partial charge in [-0.05, 0) is 54.4 Å². The Morgan fingerprint density at radius 1 is 1.03 bits per heavy atom. The average molecular weight is 452 g/mol. The summed E-state index contributed by atoms with van der Waals surface area (Å²) in [4.78, 5) is 24.4. The fourth-order valence-electron chi connectivity index (χ4n) is 2.80. The summed E-state index contributed by atoms with van der Waals surface area (Å²) in [6.07, 6.45) is 1.47. The molecule has 0 fully saturated rings. The van der Waals surface area contributed by atoms with Crippen LogP contribution < -0.4 is 20.2 Å². The lowest BCUT2D eigenvalue weighted by molar-refractivity contribution is -0.119. The lowest BCUT2D eigenvalue weighted by Crippen LogP contribution is -2.26. The zero-order valence-electron chi connectivity index (χ0n) is 17.6.